The summed E-state index contributed by atoms with van der Waals surface area (Å²) in [6.45, 7) is 8.98. The van der Waals surface area contributed by atoms with E-state index in [9.17, 15) is 9.90 Å². The van der Waals surface area contributed by atoms with Crippen molar-refractivity contribution < 1.29 is 9.90 Å². The predicted molar refractivity (Wildman–Crippen MR) is 82.9 cm³/mol. The van der Waals surface area contributed by atoms with Crippen LogP contribution in [-0.4, -0.2) is 23.7 Å². The van der Waals surface area contributed by atoms with Crippen LogP contribution in [0.1, 0.15) is 45.6 Å². The molecule has 1 aromatic rings. The third-order valence-corrected chi connectivity index (χ3v) is 3.54. The number of hydrogen-bond acceptors (Lipinski definition) is 2. The summed E-state index contributed by atoms with van der Waals surface area (Å²) in [5.74, 6) is 0.264. The van der Waals surface area contributed by atoms with Crippen LogP contribution in [-0.2, 0) is 4.79 Å². The molecule has 20 heavy (non-hydrogen) atoms. The van der Waals surface area contributed by atoms with Gasteiger partial charge in [0.2, 0.25) is 0 Å². The molecule has 0 aliphatic carbocycles. The molecule has 3 heteroatoms. The van der Waals surface area contributed by atoms with E-state index in [1.807, 2.05) is 32.0 Å². The lowest BCUT2D eigenvalue weighted by Crippen LogP contribution is -2.42. The van der Waals surface area contributed by atoms with Crippen LogP contribution in [0.2, 0.25) is 0 Å². The Morgan fingerprint density at radius 2 is 1.75 bits per heavy atom. The normalized spacial score (nSPS) is 14.5. The van der Waals surface area contributed by atoms with Crippen molar-refractivity contribution >= 4 is 5.97 Å². The number of hydrogen-bond donors (Lipinski definition) is 2. The van der Waals surface area contributed by atoms with E-state index in [1.54, 1.807) is 0 Å². The molecule has 0 amide bonds. The molecule has 0 aromatic heterocycles. The van der Waals surface area contributed by atoms with Crippen LogP contribution in [0.5, 0.6) is 0 Å². The zero-order chi connectivity index (χ0) is 15.1. The fourth-order valence-corrected chi connectivity index (χ4v) is 2.51. The van der Waals surface area contributed by atoms with E-state index in [0.29, 0.717) is 18.4 Å². The van der Waals surface area contributed by atoms with Gasteiger partial charge in [-0.15, -0.1) is 0 Å². The van der Waals surface area contributed by atoms with E-state index in [2.05, 4.69) is 31.3 Å². The van der Waals surface area contributed by atoms with Gasteiger partial charge in [-0.1, -0.05) is 58.0 Å². The van der Waals surface area contributed by atoms with E-state index in [1.165, 1.54) is 5.56 Å². The molecule has 0 aliphatic heterocycles. The number of benzene rings is 1. The van der Waals surface area contributed by atoms with Gasteiger partial charge in [0.25, 0.3) is 0 Å². The van der Waals surface area contributed by atoms with Crippen LogP contribution in [0.25, 0.3) is 0 Å². The highest BCUT2D eigenvalue weighted by Crippen LogP contribution is 2.23. The molecule has 1 rings (SSSR count). The second kappa shape index (κ2) is 8.05. The third kappa shape index (κ3) is 5.33. The summed E-state index contributed by atoms with van der Waals surface area (Å²) in [6.07, 6.45) is 1.06. The Balaban J connectivity index is 2.73. The van der Waals surface area contributed by atoms with E-state index in [0.717, 1.165) is 6.42 Å². The average Bonchev–Trinajstić information content (AvgIpc) is 2.37. The van der Waals surface area contributed by atoms with E-state index >= 15 is 0 Å². The van der Waals surface area contributed by atoms with E-state index in [-0.39, 0.29) is 5.92 Å². The molecule has 0 radical (unpaired) electrons. The largest absolute Gasteiger partial charge is 0.480 e. The molecule has 112 valence electrons. The minimum atomic E-state index is -0.767. The fourth-order valence-electron chi connectivity index (χ4n) is 2.51. The first-order valence-corrected chi connectivity index (χ1v) is 7.43. The first kappa shape index (κ1) is 16.7. The number of aliphatic carboxylic acids is 1. The van der Waals surface area contributed by atoms with Gasteiger partial charge in [0.05, 0.1) is 0 Å². The highest BCUT2D eigenvalue weighted by Gasteiger charge is 2.23. The number of carboxylic acids is 1. The van der Waals surface area contributed by atoms with Crippen molar-refractivity contribution in [2.45, 2.75) is 46.1 Å². The molecule has 3 nitrogen and oxygen atoms in total. The van der Waals surface area contributed by atoms with Crippen LogP contribution in [0, 0.1) is 11.8 Å². The van der Waals surface area contributed by atoms with Crippen molar-refractivity contribution in [3.05, 3.63) is 35.9 Å². The summed E-state index contributed by atoms with van der Waals surface area (Å²) >= 11 is 0. The van der Waals surface area contributed by atoms with Gasteiger partial charge in [-0.3, -0.25) is 4.79 Å². The molecule has 0 aliphatic rings. The van der Waals surface area contributed by atoms with Crippen molar-refractivity contribution in [1.29, 1.82) is 0 Å². The van der Waals surface area contributed by atoms with Crippen molar-refractivity contribution in [2.75, 3.05) is 6.54 Å². The summed E-state index contributed by atoms with van der Waals surface area (Å²) in [6, 6.07) is 9.87. The lowest BCUT2D eigenvalue weighted by Gasteiger charge is -2.24. The maximum absolute atomic E-state index is 11.2. The zero-order valence-electron chi connectivity index (χ0n) is 13.0. The van der Waals surface area contributed by atoms with Gasteiger partial charge in [0.15, 0.2) is 0 Å². The van der Waals surface area contributed by atoms with Gasteiger partial charge in [-0.25, -0.2) is 0 Å². The quantitative estimate of drug-likeness (QED) is 0.764. The Labute approximate surface area is 122 Å². The highest BCUT2D eigenvalue weighted by atomic mass is 16.4. The second-order valence-electron chi connectivity index (χ2n) is 6.21. The highest BCUT2D eigenvalue weighted by molar-refractivity contribution is 5.73. The minimum Gasteiger partial charge on any atom is -0.480 e. The number of carboxylic acid groups (broad SMARTS) is 1. The monoisotopic (exact) mass is 277 g/mol. The Morgan fingerprint density at radius 3 is 2.20 bits per heavy atom. The summed E-state index contributed by atoms with van der Waals surface area (Å²) in [7, 11) is 0. The van der Waals surface area contributed by atoms with Crippen LogP contribution in [0.4, 0.5) is 0 Å². The lowest BCUT2D eigenvalue weighted by atomic mass is 9.89. The Hall–Kier alpha value is -1.35. The molecule has 0 heterocycles. The molecule has 0 saturated carbocycles. The Kier molecular flexibility index (Phi) is 6.73. The molecule has 2 atom stereocenters. The van der Waals surface area contributed by atoms with Gasteiger partial charge < -0.3 is 10.4 Å². The van der Waals surface area contributed by atoms with Gasteiger partial charge in [-0.2, -0.15) is 0 Å². The van der Waals surface area contributed by atoms with Gasteiger partial charge in [-0.05, 0) is 29.7 Å². The standard InChI is InChI=1S/C17H27NO2/c1-12(2)10-15(14-8-6-5-7-9-14)11-18-16(13(3)4)17(19)20/h5-9,12-13,15-16,18H,10-11H2,1-4H3,(H,19,20)/t15?,16-/m0/s1. The predicted octanol–water partition coefficient (Wildman–Crippen LogP) is 3.52. The van der Waals surface area contributed by atoms with Gasteiger partial charge in [0.1, 0.15) is 6.04 Å². The topological polar surface area (TPSA) is 49.3 Å². The summed E-state index contributed by atoms with van der Waals surface area (Å²) in [5.41, 5.74) is 1.28. The molecule has 0 bridgehead atoms. The SMILES string of the molecule is CC(C)CC(CN[C@H](C(=O)O)C(C)C)c1ccccc1. The van der Waals surface area contributed by atoms with Crippen molar-refractivity contribution in [3.63, 3.8) is 0 Å². The summed E-state index contributed by atoms with van der Waals surface area (Å²) < 4.78 is 0. The van der Waals surface area contributed by atoms with Crippen LogP contribution >= 0.6 is 0 Å². The molecule has 1 unspecified atom stereocenters. The second-order valence-corrected chi connectivity index (χ2v) is 6.21. The van der Waals surface area contributed by atoms with Crippen molar-refractivity contribution in [3.8, 4) is 0 Å². The molecule has 0 spiro atoms. The third-order valence-electron chi connectivity index (χ3n) is 3.54. The number of rotatable bonds is 8. The lowest BCUT2D eigenvalue weighted by molar-refractivity contribution is -0.140. The Morgan fingerprint density at radius 1 is 1.15 bits per heavy atom. The molecule has 2 N–H and O–H groups in total. The molecule has 1 aromatic carbocycles. The fraction of sp³-hybridized carbons (Fsp3) is 0.588. The van der Waals surface area contributed by atoms with E-state index < -0.39 is 12.0 Å². The smallest absolute Gasteiger partial charge is 0.320 e. The van der Waals surface area contributed by atoms with Crippen LogP contribution in [0.3, 0.4) is 0 Å². The van der Waals surface area contributed by atoms with Crippen molar-refractivity contribution in [2.24, 2.45) is 11.8 Å². The van der Waals surface area contributed by atoms with Crippen molar-refractivity contribution in [1.82, 2.24) is 5.32 Å². The zero-order valence-corrected chi connectivity index (χ0v) is 13.0. The van der Waals surface area contributed by atoms with Crippen LogP contribution in [0.15, 0.2) is 30.3 Å². The number of nitrogens with one attached hydrogen (secondary N) is 1. The van der Waals surface area contributed by atoms with Gasteiger partial charge >= 0.3 is 5.97 Å². The molecular weight excluding hydrogens is 250 g/mol. The average molecular weight is 277 g/mol. The van der Waals surface area contributed by atoms with Crippen LogP contribution < -0.4 is 5.32 Å². The first-order valence-electron chi connectivity index (χ1n) is 7.43. The van der Waals surface area contributed by atoms with E-state index in [4.69, 9.17) is 0 Å². The molecular formula is C17H27NO2. The minimum absolute atomic E-state index is 0.0861. The maximum atomic E-state index is 11.2. The summed E-state index contributed by atoms with van der Waals surface area (Å²) in [4.78, 5) is 11.2. The summed E-state index contributed by atoms with van der Waals surface area (Å²) in [5, 5.41) is 12.5. The maximum Gasteiger partial charge on any atom is 0.320 e. The first-order chi connectivity index (χ1) is 9.41. The van der Waals surface area contributed by atoms with Gasteiger partial charge in [0, 0.05) is 6.54 Å². The Bertz CT molecular complexity index is 401. The molecule has 0 saturated heterocycles. The number of carbonyl (C=O) groups is 1. The molecule has 0 fully saturated rings.